The summed E-state index contributed by atoms with van der Waals surface area (Å²) < 4.78 is 4.54. The molecule has 0 amide bonds. The fourth-order valence-electron chi connectivity index (χ4n) is 1.66. The number of rotatable bonds is 6. The summed E-state index contributed by atoms with van der Waals surface area (Å²) in [6, 6.07) is 1.62. The molecule has 0 radical (unpaired) electrons. The number of nitrogens with zero attached hydrogens (tertiary/aromatic N) is 3. The Morgan fingerprint density at radius 1 is 1.58 bits per heavy atom. The van der Waals surface area contributed by atoms with Crippen LogP contribution in [-0.2, 0) is 4.74 Å². The fourth-order valence-corrected chi connectivity index (χ4v) is 1.66. The molecule has 0 spiro atoms. The molecule has 1 aromatic heterocycles. The number of methoxy groups -OCH3 is 1. The predicted molar refractivity (Wildman–Crippen MR) is 71.0 cm³/mol. The van der Waals surface area contributed by atoms with Crippen LogP contribution in [-0.4, -0.2) is 65.8 Å². The van der Waals surface area contributed by atoms with Crippen molar-refractivity contribution >= 4 is 11.8 Å². The van der Waals surface area contributed by atoms with Gasteiger partial charge < -0.3 is 20.1 Å². The van der Waals surface area contributed by atoms with Gasteiger partial charge in [0, 0.05) is 19.3 Å². The number of aliphatic hydroxyl groups is 1. The lowest BCUT2D eigenvalue weighted by Crippen LogP contribution is -2.43. The Labute approximate surface area is 112 Å². The lowest BCUT2D eigenvalue weighted by molar-refractivity contribution is 0.0459. The number of carbonyl (C=O) groups excluding carboxylic acids is 1. The molecule has 0 fully saturated rings. The molecule has 1 atom stereocenters. The second-order valence-corrected chi connectivity index (χ2v) is 4.85. The highest BCUT2D eigenvalue weighted by Crippen LogP contribution is 2.08. The van der Waals surface area contributed by atoms with Gasteiger partial charge in [-0.05, 0) is 27.1 Å². The molecular weight excluding hydrogens is 248 g/mol. The third-order valence-corrected chi connectivity index (χ3v) is 2.33. The van der Waals surface area contributed by atoms with Crippen LogP contribution in [0.3, 0.4) is 0 Å². The van der Waals surface area contributed by atoms with Crippen LogP contribution in [0.1, 0.15) is 17.5 Å². The van der Waals surface area contributed by atoms with E-state index >= 15 is 0 Å². The van der Waals surface area contributed by atoms with Crippen molar-refractivity contribution in [3.63, 3.8) is 0 Å². The molecule has 7 nitrogen and oxygen atoms in total. The van der Waals surface area contributed by atoms with Gasteiger partial charge in [-0.3, -0.25) is 0 Å². The molecule has 7 heteroatoms. The van der Waals surface area contributed by atoms with Gasteiger partial charge in [-0.15, -0.1) is 0 Å². The summed E-state index contributed by atoms with van der Waals surface area (Å²) in [6.07, 6.45) is 1.46. The van der Waals surface area contributed by atoms with Gasteiger partial charge in [-0.25, -0.2) is 14.8 Å². The molecule has 0 aliphatic carbocycles. The maximum absolute atomic E-state index is 11.3. The molecule has 0 saturated heterocycles. The molecule has 0 saturated carbocycles. The summed E-state index contributed by atoms with van der Waals surface area (Å²) in [6.45, 7) is 2.54. The summed E-state index contributed by atoms with van der Waals surface area (Å²) >= 11 is 0. The molecule has 1 rings (SSSR count). The third-order valence-electron chi connectivity index (χ3n) is 2.33. The topological polar surface area (TPSA) is 87.6 Å². The predicted octanol–water partition coefficient (Wildman–Crippen LogP) is -0.0123. The summed E-state index contributed by atoms with van der Waals surface area (Å²) in [5, 5.41) is 13.1. The molecule has 0 aromatic carbocycles. The van der Waals surface area contributed by atoms with Crippen LogP contribution in [0.4, 0.5) is 5.82 Å². The van der Waals surface area contributed by atoms with Crippen molar-refractivity contribution in [3.05, 3.63) is 18.1 Å². The third kappa shape index (κ3) is 5.19. The van der Waals surface area contributed by atoms with E-state index < -0.39 is 11.6 Å². The first-order valence-corrected chi connectivity index (χ1v) is 5.86. The van der Waals surface area contributed by atoms with E-state index in [9.17, 15) is 9.90 Å². The minimum Gasteiger partial charge on any atom is -0.463 e. The average molecular weight is 268 g/mol. The monoisotopic (exact) mass is 268 g/mol. The lowest BCUT2D eigenvalue weighted by atomic mass is 10.1. The van der Waals surface area contributed by atoms with Crippen LogP contribution in [0.15, 0.2) is 12.3 Å². The van der Waals surface area contributed by atoms with Crippen molar-refractivity contribution in [1.29, 1.82) is 0 Å². The van der Waals surface area contributed by atoms with Crippen molar-refractivity contribution in [2.75, 3.05) is 39.6 Å². The van der Waals surface area contributed by atoms with Crippen LogP contribution >= 0.6 is 0 Å². The Morgan fingerprint density at radius 2 is 2.26 bits per heavy atom. The minimum absolute atomic E-state index is 0.0141. The van der Waals surface area contributed by atoms with Crippen LogP contribution < -0.4 is 5.32 Å². The highest BCUT2D eigenvalue weighted by molar-refractivity contribution is 5.85. The molecular formula is C12H20N4O3. The highest BCUT2D eigenvalue weighted by Gasteiger charge is 2.21. The number of aromatic nitrogens is 2. The SMILES string of the molecule is COC(=O)c1nccc(NCC(C)(O)CN(C)C)n1. The first-order valence-electron chi connectivity index (χ1n) is 5.86. The summed E-state index contributed by atoms with van der Waals surface area (Å²) in [5.41, 5.74) is -0.903. The minimum atomic E-state index is -0.903. The molecule has 106 valence electrons. The Bertz CT molecular complexity index is 435. The average Bonchev–Trinajstić information content (AvgIpc) is 2.34. The van der Waals surface area contributed by atoms with E-state index in [4.69, 9.17) is 0 Å². The largest absolute Gasteiger partial charge is 0.463 e. The first kappa shape index (κ1) is 15.3. The van der Waals surface area contributed by atoms with E-state index in [0.29, 0.717) is 18.9 Å². The number of likely N-dealkylation sites (N-methyl/N-ethyl adjacent to an activating group) is 1. The molecule has 19 heavy (non-hydrogen) atoms. The van der Waals surface area contributed by atoms with Gasteiger partial charge >= 0.3 is 5.97 Å². The number of ether oxygens (including phenoxy) is 1. The fraction of sp³-hybridized carbons (Fsp3) is 0.583. The maximum atomic E-state index is 11.3. The van der Waals surface area contributed by atoms with Crippen molar-refractivity contribution in [2.24, 2.45) is 0 Å². The summed E-state index contributed by atoms with van der Waals surface area (Å²) in [4.78, 5) is 21.0. The highest BCUT2D eigenvalue weighted by atomic mass is 16.5. The van der Waals surface area contributed by atoms with Gasteiger partial charge in [0.05, 0.1) is 12.7 Å². The number of carbonyl (C=O) groups is 1. The van der Waals surface area contributed by atoms with Crippen molar-refractivity contribution in [1.82, 2.24) is 14.9 Å². The first-order chi connectivity index (χ1) is 8.84. The lowest BCUT2D eigenvalue weighted by Gasteiger charge is -2.27. The molecule has 1 unspecified atom stereocenters. The van der Waals surface area contributed by atoms with Crippen LogP contribution in [0.25, 0.3) is 0 Å². The molecule has 0 bridgehead atoms. The second-order valence-electron chi connectivity index (χ2n) is 4.85. The Kier molecular flexibility index (Phi) is 5.20. The zero-order chi connectivity index (χ0) is 14.5. The van der Waals surface area contributed by atoms with Gasteiger partial charge in [0.1, 0.15) is 5.82 Å². The number of hydrogen-bond donors (Lipinski definition) is 2. The quantitative estimate of drug-likeness (QED) is 0.701. The Morgan fingerprint density at radius 3 is 2.84 bits per heavy atom. The maximum Gasteiger partial charge on any atom is 0.376 e. The van der Waals surface area contributed by atoms with E-state index in [1.165, 1.54) is 13.3 Å². The summed E-state index contributed by atoms with van der Waals surface area (Å²) in [7, 11) is 5.04. The van der Waals surface area contributed by atoms with E-state index in [2.05, 4.69) is 20.0 Å². The number of hydrogen-bond acceptors (Lipinski definition) is 7. The smallest absolute Gasteiger partial charge is 0.376 e. The molecule has 1 heterocycles. The zero-order valence-corrected chi connectivity index (χ0v) is 11.7. The molecule has 0 aliphatic rings. The van der Waals surface area contributed by atoms with E-state index in [-0.39, 0.29) is 5.82 Å². The van der Waals surface area contributed by atoms with E-state index in [1.54, 1.807) is 13.0 Å². The van der Waals surface area contributed by atoms with Gasteiger partial charge in [0.25, 0.3) is 0 Å². The molecule has 0 aliphatic heterocycles. The number of anilines is 1. The summed E-state index contributed by atoms with van der Waals surface area (Å²) in [5.74, 6) is -0.141. The van der Waals surface area contributed by atoms with Crippen LogP contribution in [0, 0.1) is 0 Å². The van der Waals surface area contributed by atoms with Crippen LogP contribution in [0.5, 0.6) is 0 Å². The second kappa shape index (κ2) is 6.44. The Hall–Kier alpha value is -1.73. The van der Waals surface area contributed by atoms with Crippen LogP contribution in [0.2, 0.25) is 0 Å². The van der Waals surface area contributed by atoms with Crippen molar-refractivity contribution in [3.8, 4) is 0 Å². The number of nitrogens with one attached hydrogen (secondary N) is 1. The van der Waals surface area contributed by atoms with Crippen molar-refractivity contribution in [2.45, 2.75) is 12.5 Å². The standard InChI is InChI=1S/C12H20N4O3/c1-12(18,8-16(2)3)7-14-9-5-6-13-10(15-9)11(17)19-4/h5-6,18H,7-8H2,1-4H3,(H,13,14,15). The molecule has 2 N–H and O–H groups in total. The zero-order valence-electron chi connectivity index (χ0n) is 11.7. The number of esters is 1. The van der Waals surface area contributed by atoms with Gasteiger partial charge in [-0.1, -0.05) is 0 Å². The van der Waals surface area contributed by atoms with Gasteiger partial charge in [0.2, 0.25) is 5.82 Å². The van der Waals surface area contributed by atoms with E-state index in [0.717, 1.165) is 0 Å². The molecule has 1 aromatic rings. The normalized spacial score (nSPS) is 14.0. The van der Waals surface area contributed by atoms with E-state index in [1.807, 2.05) is 19.0 Å². The van der Waals surface area contributed by atoms with Gasteiger partial charge in [0.15, 0.2) is 0 Å². The van der Waals surface area contributed by atoms with Gasteiger partial charge in [-0.2, -0.15) is 0 Å². The Balaban J connectivity index is 2.65. The van der Waals surface area contributed by atoms with Crippen molar-refractivity contribution < 1.29 is 14.6 Å².